The zero-order valence-corrected chi connectivity index (χ0v) is 18.1. The Morgan fingerprint density at radius 2 is 2.00 bits per heavy atom. The van der Waals surface area contributed by atoms with Crippen molar-refractivity contribution >= 4 is 17.4 Å². The van der Waals surface area contributed by atoms with Gasteiger partial charge in [0.1, 0.15) is 24.8 Å². The van der Waals surface area contributed by atoms with Gasteiger partial charge in [0.05, 0.1) is 18.1 Å². The molecule has 1 unspecified atom stereocenters. The van der Waals surface area contributed by atoms with Gasteiger partial charge >= 0.3 is 0 Å². The van der Waals surface area contributed by atoms with Crippen LogP contribution in [0.15, 0.2) is 55.1 Å². The summed E-state index contributed by atoms with van der Waals surface area (Å²) < 4.78 is 16.8. The Bertz CT molecular complexity index is 1090. The van der Waals surface area contributed by atoms with Crippen LogP contribution in [0.5, 0.6) is 17.2 Å². The third kappa shape index (κ3) is 5.14. The smallest absolute Gasteiger partial charge is 0.260 e. The number of amides is 1. The number of piperidine rings is 1. The molecule has 2 aromatic heterocycles. The average Bonchev–Trinajstić information content (AvgIpc) is 2.88. The number of anilines is 2. The Morgan fingerprint density at radius 1 is 1.09 bits per heavy atom. The number of carbonyl (C=O) groups excluding carboxylic acids is 1. The molecule has 3 aromatic rings. The van der Waals surface area contributed by atoms with Crippen molar-refractivity contribution in [2.75, 3.05) is 38.2 Å². The number of benzene rings is 1. The van der Waals surface area contributed by atoms with Gasteiger partial charge in [-0.05, 0) is 37.1 Å². The normalized spacial score (nSPS) is 17.3. The first-order chi connectivity index (χ1) is 16.2. The van der Waals surface area contributed by atoms with Gasteiger partial charge in [0.25, 0.3) is 5.91 Å². The highest BCUT2D eigenvalue weighted by molar-refractivity contribution is 5.78. The number of likely N-dealkylation sites (tertiary alicyclic amines) is 1. The summed E-state index contributed by atoms with van der Waals surface area (Å²) in [6.45, 7) is 2.40. The number of pyridine rings is 1. The average molecular weight is 447 g/mol. The van der Waals surface area contributed by atoms with E-state index >= 15 is 0 Å². The second-order valence-electron chi connectivity index (χ2n) is 7.96. The van der Waals surface area contributed by atoms with Crippen molar-refractivity contribution < 1.29 is 19.0 Å². The number of fused-ring (bicyclic) bond motifs is 1. The zero-order valence-electron chi connectivity index (χ0n) is 18.1. The van der Waals surface area contributed by atoms with Crippen molar-refractivity contribution in [1.29, 1.82) is 0 Å². The summed E-state index contributed by atoms with van der Waals surface area (Å²) >= 11 is 0. The molecule has 2 aliphatic heterocycles. The molecule has 1 saturated heterocycles. The van der Waals surface area contributed by atoms with Crippen molar-refractivity contribution in [3.8, 4) is 17.2 Å². The molecule has 0 radical (unpaired) electrons. The highest BCUT2D eigenvalue weighted by Crippen LogP contribution is 2.33. The molecule has 1 atom stereocenters. The number of hydrogen-bond acceptors (Lipinski definition) is 8. The van der Waals surface area contributed by atoms with Crippen LogP contribution in [0.4, 0.5) is 11.5 Å². The number of nitrogens with zero attached hydrogens (tertiary/aromatic N) is 4. The molecule has 9 heteroatoms. The van der Waals surface area contributed by atoms with Crippen LogP contribution in [0.3, 0.4) is 0 Å². The van der Waals surface area contributed by atoms with Crippen LogP contribution in [0.1, 0.15) is 24.5 Å². The molecule has 0 bridgehead atoms. The lowest BCUT2D eigenvalue weighted by Crippen LogP contribution is -2.41. The van der Waals surface area contributed by atoms with Crippen LogP contribution >= 0.6 is 0 Å². The number of nitrogens with one attached hydrogen (secondary N) is 1. The first kappa shape index (κ1) is 21.0. The molecule has 0 saturated carbocycles. The number of rotatable bonds is 6. The molecule has 0 aliphatic carbocycles. The van der Waals surface area contributed by atoms with E-state index in [1.54, 1.807) is 43.0 Å². The summed E-state index contributed by atoms with van der Waals surface area (Å²) in [6.07, 6.45) is 8.64. The van der Waals surface area contributed by atoms with E-state index in [4.69, 9.17) is 14.2 Å². The van der Waals surface area contributed by atoms with E-state index in [0.29, 0.717) is 42.8 Å². The van der Waals surface area contributed by atoms with Gasteiger partial charge in [0.2, 0.25) is 0 Å². The fourth-order valence-electron chi connectivity index (χ4n) is 4.03. The first-order valence-electron chi connectivity index (χ1n) is 11.0. The molecule has 5 rings (SSSR count). The number of ether oxygens (including phenoxy) is 3. The van der Waals surface area contributed by atoms with Crippen LogP contribution < -0.4 is 19.5 Å². The van der Waals surface area contributed by atoms with E-state index in [9.17, 15) is 4.79 Å². The SMILES string of the molecule is O=C(COc1ccc2c(c1)OCCO2)N1CCCC(c2ccc(Nc3cnccn3)cn2)C1. The molecular formula is C24H25N5O4. The first-order valence-corrected chi connectivity index (χ1v) is 11.0. The minimum atomic E-state index is -0.0319. The van der Waals surface area contributed by atoms with E-state index in [-0.39, 0.29) is 18.4 Å². The maximum atomic E-state index is 12.8. The topological polar surface area (TPSA) is 98.7 Å². The maximum Gasteiger partial charge on any atom is 0.260 e. The van der Waals surface area contributed by atoms with E-state index in [1.165, 1.54) is 0 Å². The molecule has 4 heterocycles. The van der Waals surface area contributed by atoms with Gasteiger partial charge in [-0.25, -0.2) is 4.98 Å². The van der Waals surface area contributed by atoms with Crippen molar-refractivity contribution in [2.24, 2.45) is 0 Å². The summed E-state index contributed by atoms with van der Waals surface area (Å²) in [6, 6.07) is 9.34. The van der Waals surface area contributed by atoms with Crippen LogP contribution in [0, 0.1) is 0 Å². The van der Waals surface area contributed by atoms with Crippen LogP contribution in [0.25, 0.3) is 0 Å². The largest absolute Gasteiger partial charge is 0.486 e. The van der Waals surface area contributed by atoms with Crippen LogP contribution in [0.2, 0.25) is 0 Å². The van der Waals surface area contributed by atoms with Crippen molar-refractivity contribution in [3.63, 3.8) is 0 Å². The zero-order chi connectivity index (χ0) is 22.5. The molecule has 170 valence electrons. The van der Waals surface area contributed by atoms with Gasteiger partial charge in [0, 0.05) is 43.2 Å². The fourth-order valence-corrected chi connectivity index (χ4v) is 4.03. The third-order valence-electron chi connectivity index (χ3n) is 5.69. The number of aromatic nitrogens is 3. The Morgan fingerprint density at radius 3 is 2.82 bits per heavy atom. The summed E-state index contributed by atoms with van der Waals surface area (Å²) in [4.78, 5) is 27.5. The lowest BCUT2D eigenvalue weighted by molar-refractivity contribution is -0.134. The van der Waals surface area contributed by atoms with Gasteiger partial charge in [0.15, 0.2) is 18.1 Å². The van der Waals surface area contributed by atoms with Gasteiger partial charge in [-0.3, -0.25) is 14.8 Å². The van der Waals surface area contributed by atoms with Gasteiger partial charge in [-0.15, -0.1) is 0 Å². The minimum absolute atomic E-state index is 0.0131. The van der Waals surface area contributed by atoms with Gasteiger partial charge in [-0.1, -0.05) is 0 Å². The second-order valence-corrected chi connectivity index (χ2v) is 7.96. The van der Waals surface area contributed by atoms with Crippen molar-refractivity contribution in [2.45, 2.75) is 18.8 Å². The van der Waals surface area contributed by atoms with Crippen LogP contribution in [-0.2, 0) is 4.79 Å². The van der Waals surface area contributed by atoms with E-state index in [2.05, 4.69) is 20.3 Å². The number of carbonyl (C=O) groups is 1. The number of hydrogen-bond donors (Lipinski definition) is 1. The summed E-state index contributed by atoms with van der Waals surface area (Å²) in [7, 11) is 0. The molecule has 2 aliphatic rings. The maximum absolute atomic E-state index is 12.8. The lowest BCUT2D eigenvalue weighted by Gasteiger charge is -2.32. The minimum Gasteiger partial charge on any atom is -0.486 e. The Labute approximate surface area is 191 Å². The van der Waals surface area contributed by atoms with Gasteiger partial charge in [-0.2, -0.15) is 0 Å². The quantitative estimate of drug-likeness (QED) is 0.615. The summed E-state index contributed by atoms with van der Waals surface area (Å²) in [5.41, 5.74) is 1.82. The Hall–Kier alpha value is -3.88. The Kier molecular flexibility index (Phi) is 6.19. The van der Waals surface area contributed by atoms with E-state index in [1.807, 2.05) is 17.0 Å². The molecule has 33 heavy (non-hydrogen) atoms. The van der Waals surface area contributed by atoms with Gasteiger partial charge < -0.3 is 24.4 Å². The molecule has 1 amide bonds. The third-order valence-corrected chi connectivity index (χ3v) is 5.69. The van der Waals surface area contributed by atoms with Crippen molar-refractivity contribution in [3.05, 3.63) is 60.8 Å². The second kappa shape index (κ2) is 9.72. The summed E-state index contributed by atoms with van der Waals surface area (Å²) in [5.74, 6) is 2.77. The predicted molar refractivity (Wildman–Crippen MR) is 121 cm³/mol. The predicted octanol–water partition coefficient (Wildman–Crippen LogP) is 3.17. The Balaban J connectivity index is 1.16. The fraction of sp³-hybridized carbons (Fsp3) is 0.333. The molecule has 1 fully saturated rings. The standard InChI is InChI=1S/C24H25N5O4/c30-24(16-33-19-4-6-21-22(12-19)32-11-10-31-21)29-9-1-2-17(15-29)20-5-3-18(13-27-20)28-23-14-25-7-8-26-23/h3-8,12-14,17H,1-2,9-11,15-16H2,(H,26,28). The molecule has 9 nitrogen and oxygen atoms in total. The molecule has 1 aromatic carbocycles. The van der Waals surface area contributed by atoms with E-state index in [0.717, 1.165) is 30.8 Å². The molecule has 0 spiro atoms. The lowest BCUT2D eigenvalue weighted by atomic mass is 9.94. The highest BCUT2D eigenvalue weighted by atomic mass is 16.6. The highest BCUT2D eigenvalue weighted by Gasteiger charge is 2.26. The molecule has 1 N–H and O–H groups in total. The summed E-state index contributed by atoms with van der Waals surface area (Å²) in [5, 5.41) is 3.18. The molecular weight excluding hydrogens is 422 g/mol. The monoisotopic (exact) mass is 447 g/mol. The van der Waals surface area contributed by atoms with Crippen LogP contribution in [-0.4, -0.2) is 58.7 Å². The van der Waals surface area contributed by atoms with E-state index < -0.39 is 0 Å². The van der Waals surface area contributed by atoms with Crippen molar-refractivity contribution in [1.82, 2.24) is 19.9 Å².